The Morgan fingerprint density at radius 1 is 1.06 bits per heavy atom. The summed E-state index contributed by atoms with van der Waals surface area (Å²) >= 11 is 3.58. The summed E-state index contributed by atoms with van der Waals surface area (Å²) in [6, 6.07) is 15.4. The molecule has 1 amide bonds. The van der Waals surface area contributed by atoms with Crippen molar-refractivity contribution in [3.05, 3.63) is 75.4 Å². The zero-order valence-electron chi connectivity index (χ0n) is 20.0. The maximum atomic E-state index is 12.4. The van der Waals surface area contributed by atoms with Crippen LogP contribution in [0.25, 0.3) is 11.1 Å². The second kappa shape index (κ2) is 11.8. The predicted octanol–water partition coefficient (Wildman–Crippen LogP) is 6.66. The summed E-state index contributed by atoms with van der Waals surface area (Å²) in [5.74, 6) is 0.268. The zero-order valence-corrected chi connectivity index (χ0v) is 21.6. The maximum Gasteiger partial charge on any atom is 0.338 e. The molecule has 0 aliphatic heterocycles. The SMILES string of the molecule is CCCCC(=O)Nc1c(NCc2ccc(-c3ccccc3C(=O)OC)cc2)nc(C)c(Br)c1C. The number of unbranched alkanes of at least 4 members (excludes halogenated alkanes) is 1. The lowest BCUT2D eigenvalue weighted by atomic mass is 9.98. The third kappa shape index (κ3) is 6.03. The van der Waals surface area contributed by atoms with E-state index in [2.05, 4.69) is 38.5 Å². The van der Waals surface area contributed by atoms with Crippen molar-refractivity contribution < 1.29 is 14.3 Å². The van der Waals surface area contributed by atoms with Crippen LogP contribution in [0.15, 0.2) is 53.0 Å². The number of halogens is 1. The normalized spacial score (nSPS) is 10.6. The van der Waals surface area contributed by atoms with Crippen molar-refractivity contribution in [2.24, 2.45) is 0 Å². The minimum absolute atomic E-state index is 0.0147. The molecule has 34 heavy (non-hydrogen) atoms. The number of carbonyl (C=O) groups excluding carboxylic acids is 2. The van der Waals surface area contributed by atoms with Gasteiger partial charge in [0.1, 0.15) is 0 Å². The van der Waals surface area contributed by atoms with E-state index in [1.165, 1.54) is 7.11 Å². The fourth-order valence-electron chi connectivity index (χ4n) is 3.66. The average molecular weight is 524 g/mol. The van der Waals surface area contributed by atoms with Crippen molar-refractivity contribution in [1.82, 2.24) is 4.98 Å². The molecule has 0 aliphatic rings. The number of anilines is 2. The molecule has 0 spiro atoms. The van der Waals surface area contributed by atoms with Gasteiger partial charge in [-0.2, -0.15) is 0 Å². The summed E-state index contributed by atoms with van der Waals surface area (Å²) in [5.41, 5.74) is 5.82. The van der Waals surface area contributed by atoms with E-state index in [0.29, 0.717) is 30.0 Å². The van der Waals surface area contributed by atoms with Crippen molar-refractivity contribution in [2.75, 3.05) is 17.7 Å². The summed E-state index contributed by atoms with van der Waals surface area (Å²) in [7, 11) is 1.38. The Balaban J connectivity index is 1.80. The first-order chi connectivity index (χ1) is 16.3. The Morgan fingerprint density at radius 2 is 1.76 bits per heavy atom. The number of aryl methyl sites for hydroxylation is 1. The Bertz CT molecular complexity index is 1180. The van der Waals surface area contributed by atoms with Crippen LogP contribution in [0.4, 0.5) is 11.5 Å². The first-order valence-electron chi connectivity index (χ1n) is 11.3. The lowest BCUT2D eigenvalue weighted by Crippen LogP contribution is -2.16. The molecule has 0 bridgehead atoms. The number of nitrogens with one attached hydrogen (secondary N) is 2. The van der Waals surface area contributed by atoms with Crippen LogP contribution >= 0.6 is 15.9 Å². The van der Waals surface area contributed by atoms with Crippen molar-refractivity contribution in [1.29, 1.82) is 0 Å². The number of methoxy groups -OCH3 is 1. The van der Waals surface area contributed by atoms with Crippen LogP contribution in [0.3, 0.4) is 0 Å². The number of rotatable bonds is 9. The average Bonchev–Trinajstić information content (AvgIpc) is 2.86. The number of hydrogen-bond acceptors (Lipinski definition) is 5. The smallest absolute Gasteiger partial charge is 0.338 e. The minimum atomic E-state index is -0.359. The summed E-state index contributed by atoms with van der Waals surface area (Å²) in [4.78, 5) is 29.2. The molecule has 0 saturated carbocycles. The van der Waals surface area contributed by atoms with Gasteiger partial charge in [-0.05, 0) is 64.5 Å². The molecule has 2 N–H and O–H groups in total. The summed E-state index contributed by atoms with van der Waals surface area (Å²) in [6.07, 6.45) is 2.29. The Kier molecular flexibility index (Phi) is 8.82. The molecule has 1 heterocycles. The molecule has 7 heteroatoms. The molecular weight excluding hydrogens is 494 g/mol. The van der Waals surface area contributed by atoms with Gasteiger partial charge in [-0.1, -0.05) is 55.8 Å². The first kappa shape index (κ1) is 25.4. The quantitative estimate of drug-likeness (QED) is 0.306. The first-order valence-corrected chi connectivity index (χ1v) is 12.1. The highest BCUT2D eigenvalue weighted by Gasteiger charge is 2.16. The van der Waals surface area contributed by atoms with Gasteiger partial charge in [0.15, 0.2) is 5.82 Å². The van der Waals surface area contributed by atoms with Gasteiger partial charge in [0.2, 0.25) is 5.91 Å². The zero-order chi connectivity index (χ0) is 24.7. The third-order valence-corrected chi connectivity index (χ3v) is 6.79. The Morgan fingerprint density at radius 3 is 2.44 bits per heavy atom. The fraction of sp³-hybridized carbons (Fsp3) is 0.296. The summed E-state index contributed by atoms with van der Waals surface area (Å²) < 4.78 is 5.79. The number of carbonyl (C=O) groups is 2. The van der Waals surface area contributed by atoms with Crippen LogP contribution in [0.5, 0.6) is 0 Å². The maximum absolute atomic E-state index is 12.4. The molecule has 0 atom stereocenters. The molecule has 0 fully saturated rings. The molecule has 3 rings (SSSR count). The van der Waals surface area contributed by atoms with E-state index in [0.717, 1.165) is 45.3 Å². The largest absolute Gasteiger partial charge is 0.465 e. The van der Waals surface area contributed by atoms with Crippen LogP contribution in [0.2, 0.25) is 0 Å². The number of benzene rings is 2. The molecule has 0 saturated heterocycles. The Hall–Kier alpha value is -3.19. The number of nitrogens with zero attached hydrogens (tertiary/aromatic N) is 1. The molecular formula is C27H30BrN3O3. The topological polar surface area (TPSA) is 80.3 Å². The van der Waals surface area contributed by atoms with E-state index in [1.54, 1.807) is 6.07 Å². The van der Waals surface area contributed by atoms with E-state index in [1.807, 2.05) is 56.3 Å². The fourth-order valence-corrected chi connectivity index (χ4v) is 3.95. The van der Waals surface area contributed by atoms with E-state index in [9.17, 15) is 9.59 Å². The van der Waals surface area contributed by atoms with Crippen LogP contribution in [0, 0.1) is 13.8 Å². The van der Waals surface area contributed by atoms with Crippen molar-refractivity contribution in [3.8, 4) is 11.1 Å². The van der Waals surface area contributed by atoms with Crippen molar-refractivity contribution >= 4 is 39.3 Å². The number of hydrogen-bond donors (Lipinski definition) is 2. The van der Waals surface area contributed by atoms with E-state index >= 15 is 0 Å². The highest BCUT2D eigenvalue weighted by molar-refractivity contribution is 9.10. The molecule has 178 valence electrons. The number of aromatic nitrogens is 1. The van der Waals surface area contributed by atoms with E-state index in [4.69, 9.17) is 4.74 Å². The number of amides is 1. The molecule has 1 aromatic heterocycles. The molecule has 0 radical (unpaired) electrons. The molecule has 6 nitrogen and oxygen atoms in total. The highest BCUT2D eigenvalue weighted by Crippen LogP contribution is 2.33. The van der Waals surface area contributed by atoms with Crippen LogP contribution in [0.1, 0.15) is 53.4 Å². The van der Waals surface area contributed by atoms with Gasteiger partial charge in [-0.3, -0.25) is 4.79 Å². The van der Waals surface area contributed by atoms with Gasteiger partial charge in [0.05, 0.1) is 24.1 Å². The third-order valence-electron chi connectivity index (χ3n) is 5.62. The van der Waals surface area contributed by atoms with Crippen molar-refractivity contribution in [2.45, 2.75) is 46.6 Å². The van der Waals surface area contributed by atoms with E-state index < -0.39 is 0 Å². The van der Waals surface area contributed by atoms with E-state index in [-0.39, 0.29) is 11.9 Å². The lowest BCUT2D eigenvalue weighted by Gasteiger charge is -2.17. The van der Waals surface area contributed by atoms with Crippen LogP contribution < -0.4 is 10.6 Å². The highest BCUT2D eigenvalue weighted by atomic mass is 79.9. The lowest BCUT2D eigenvalue weighted by molar-refractivity contribution is -0.116. The minimum Gasteiger partial charge on any atom is -0.465 e. The number of pyridine rings is 1. The molecule has 0 unspecified atom stereocenters. The second-order valence-corrected chi connectivity index (χ2v) is 8.89. The summed E-state index contributed by atoms with van der Waals surface area (Å²) in [6.45, 7) is 6.49. The molecule has 0 aliphatic carbocycles. The van der Waals surface area contributed by atoms with Gasteiger partial charge < -0.3 is 15.4 Å². The molecule has 3 aromatic rings. The van der Waals surface area contributed by atoms with Gasteiger partial charge >= 0.3 is 5.97 Å². The standard InChI is InChI=1S/C27H30BrN3O3/c1-5-6-11-23(32)31-25-17(2)24(28)18(3)30-26(25)29-16-19-12-14-20(15-13-19)21-9-7-8-10-22(21)27(33)34-4/h7-10,12-15H,5-6,11,16H2,1-4H3,(H,29,30)(H,31,32). The van der Waals surface area contributed by atoms with Gasteiger partial charge in [-0.15, -0.1) is 0 Å². The van der Waals surface area contributed by atoms with Gasteiger partial charge in [0, 0.05) is 17.4 Å². The predicted molar refractivity (Wildman–Crippen MR) is 140 cm³/mol. The monoisotopic (exact) mass is 523 g/mol. The number of ether oxygens (including phenoxy) is 1. The Labute approximate surface area is 209 Å². The van der Waals surface area contributed by atoms with Crippen LogP contribution in [-0.2, 0) is 16.1 Å². The molecule has 2 aromatic carbocycles. The number of esters is 1. The van der Waals surface area contributed by atoms with Crippen LogP contribution in [-0.4, -0.2) is 24.0 Å². The summed E-state index contributed by atoms with van der Waals surface area (Å²) in [5, 5.41) is 6.41. The second-order valence-electron chi connectivity index (χ2n) is 8.10. The van der Waals surface area contributed by atoms with Gasteiger partial charge in [0.25, 0.3) is 0 Å². The van der Waals surface area contributed by atoms with Gasteiger partial charge in [-0.25, -0.2) is 9.78 Å². The van der Waals surface area contributed by atoms with Crippen molar-refractivity contribution in [3.63, 3.8) is 0 Å².